The molecule has 1 unspecified atom stereocenters. The van der Waals surface area contributed by atoms with Gasteiger partial charge >= 0.3 is 0 Å². The largest absolute Gasteiger partial charge is 0.358 e. The van der Waals surface area contributed by atoms with E-state index in [0.717, 1.165) is 5.69 Å². The number of para-hydroxylation sites is 1. The molecule has 0 bridgehead atoms. The van der Waals surface area contributed by atoms with Crippen molar-refractivity contribution >= 4 is 28.7 Å². The van der Waals surface area contributed by atoms with Crippen LogP contribution in [0.15, 0.2) is 42.9 Å². The molecule has 1 aliphatic heterocycles. The van der Waals surface area contributed by atoms with Crippen LogP contribution in [0, 0.1) is 0 Å². The summed E-state index contributed by atoms with van der Waals surface area (Å²) in [7, 11) is 0. The van der Waals surface area contributed by atoms with Crippen molar-refractivity contribution in [2.24, 2.45) is 0 Å². The highest BCUT2D eigenvalue weighted by Gasteiger charge is 2.27. The summed E-state index contributed by atoms with van der Waals surface area (Å²) in [6.07, 6.45) is 3.83. The van der Waals surface area contributed by atoms with E-state index in [1.165, 1.54) is 6.33 Å². The van der Waals surface area contributed by atoms with Gasteiger partial charge in [-0.05, 0) is 18.6 Å². The van der Waals surface area contributed by atoms with Crippen molar-refractivity contribution < 1.29 is 9.59 Å². The predicted molar refractivity (Wildman–Crippen MR) is 86.5 cm³/mol. The number of piperidine rings is 1. The van der Waals surface area contributed by atoms with Crippen LogP contribution in [0.25, 0.3) is 16.7 Å². The monoisotopic (exact) mass is 322 g/mol. The molecule has 0 saturated carbocycles. The zero-order valence-electron chi connectivity index (χ0n) is 12.6. The highest BCUT2D eigenvalue weighted by Crippen LogP contribution is 2.23. The lowest BCUT2D eigenvalue weighted by atomic mass is 10.1. The third-order valence-corrected chi connectivity index (χ3v) is 3.92. The van der Waals surface area contributed by atoms with Gasteiger partial charge in [-0.3, -0.25) is 14.9 Å². The molecule has 1 aromatic carbocycles. The van der Waals surface area contributed by atoms with Crippen LogP contribution in [0.3, 0.4) is 0 Å². The number of fused-ring (bicyclic) bond motifs is 1. The molecule has 1 aliphatic rings. The lowest BCUT2D eigenvalue weighted by molar-refractivity contribution is -0.133. The van der Waals surface area contributed by atoms with Gasteiger partial charge in [0.1, 0.15) is 18.2 Å². The van der Waals surface area contributed by atoms with Crippen molar-refractivity contribution in [3.8, 4) is 5.69 Å². The second kappa shape index (κ2) is 5.73. The average molecular weight is 322 g/mol. The van der Waals surface area contributed by atoms with Gasteiger partial charge in [-0.15, -0.1) is 0 Å². The Balaban J connectivity index is 1.69. The zero-order valence-corrected chi connectivity index (χ0v) is 12.6. The van der Waals surface area contributed by atoms with Crippen LogP contribution in [-0.4, -0.2) is 37.6 Å². The van der Waals surface area contributed by atoms with Crippen molar-refractivity contribution in [2.75, 3.05) is 5.32 Å². The van der Waals surface area contributed by atoms with Crippen LogP contribution < -0.4 is 10.6 Å². The van der Waals surface area contributed by atoms with Crippen molar-refractivity contribution in [1.29, 1.82) is 0 Å². The summed E-state index contributed by atoms with van der Waals surface area (Å²) in [6, 6.07) is 9.14. The molecule has 0 radical (unpaired) electrons. The molecule has 24 heavy (non-hydrogen) atoms. The number of amides is 2. The fourth-order valence-electron chi connectivity index (χ4n) is 2.71. The number of carbonyl (C=O) groups excluding carboxylic acids is 2. The van der Waals surface area contributed by atoms with Crippen LogP contribution >= 0.6 is 0 Å². The van der Waals surface area contributed by atoms with Crippen LogP contribution in [0.5, 0.6) is 0 Å². The minimum atomic E-state index is -0.499. The molecule has 1 fully saturated rings. The number of benzene rings is 1. The summed E-state index contributed by atoms with van der Waals surface area (Å²) in [5, 5.41) is 10.5. The molecule has 0 aliphatic carbocycles. The van der Waals surface area contributed by atoms with E-state index >= 15 is 0 Å². The van der Waals surface area contributed by atoms with Gasteiger partial charge < -0.3 is 5.32 Å². The summed E-state index contributed by atoms with van der Waals surface area (Å²) < 4.78 is 1.71. The highest BCUT2D eigenvalue weighted by atomic mass is 16.2. The molecule has 0 spiro atoms. The van der Waals surface area contributed by atoms with Crippen LogP contribution in [0.4, 0.5) is 5.82 Å². The molecule has 1 saturated heterocycles. The topological polar surface area (TPSA) is 102 Å². The number of anilines is 1. The molecule has 120 valence electrons. The fourth-order valence-corrected chi connectivity index (χ4v) is 2.71. The van der Waals surface area contributed by atoms with E-state index in [9.17, 15) is 9.59 Å². The molecule has 2 amide bonds. The van der Waals surface area contributed by atoms with Gasteiger partial charge in [0.15, 0.2) is 5.65 Å². The Morgan fingerprint density at radius 2 is 2.00 bits per heavy atom. The first kappa shape index (κ1) is 14.3. The van der Waals surface area contributed by atoms with E-state index < -0.39 is 6.04 Å². The molecule has 8 heteroatoms. The summed E-state index contributed by atoms with van der Waals surface area (Å²) in [4.78, 5) is 31.7. The van der Waals surface area contributed by atoms with Crippen LogP contribution in [-0.2, 0) is 9.59 Å². The number of nitrogens with zero attached hydrogens (tertiary/aromatic N) is 4. The molecule has 2 aromatic heterocycles. The van der Waals surface area contributed by atoms with Crippen molar-refractivity contribution in [1.82, 2.24) is 25.1 Å². The Kier molecular flexibility index (Phi) is 3.42. The Labute approximate surface area is 136 Å². The second-order valence-corrected chi connectivity index (χ2v) is 5.50. The first-order chi connectivity index (χ1) is 11.7. The second-order valence-electron chi connectivity index (χ2n) is 5.50. The summed E-state index contributed by atoms with van der Waals surface area (Å²) >= 11 is 0. The van der Waals surface area contributed by atoms with Gasteiger partial charge in [-0.2, -0.15) is 5.10 Å². The lowest BCUT2D eigenvalue weighted by Crippen LogP contribution is -2.47. The zero-order chi connectivity index (χ0) is 16.5. The number of carbonyl (C=O) groups is 2. The quantitative estimate of drug-likeness (QED) is 0.698. The maximum Gasteiger partial charge on any atom is 0.249 e. The van der Waals surface area contributed by atoms with Crippen molar-refractivity contribution in [3.63, 3.8) is 0 Å². The van der Waals surface area contributed by atoms with Gasteiger partial charge in [0, 0.05) is 6.42 Å². The van der Waals surface area contributed by atoms with E-state index in [4.69, 9.17) is 0 Å². The first-order valence-corrected chi connectivity index (χ1v) is 7.57. The normalized spacial score (nSPS) is 17.8. The summed E-state index contributed by atoms with van der Waals surface area (Å²) in [5.41, 5.74) is 1.53. The van der Waals surface area contributed by atoms with Gasteiger partial charge in [0.2, 0.25) is 11.8 Å². The smallest absolute Gasteiger partial charge is 0.249 e. The number of hydrogen-bond donors (Lipinski definition) is 2. The van der Waals surface area contributed by atoms with Gasteiger partial charge in [-0.25, -0.2) is 14.6 Å². The van der Waals surface area contributed by atoms with E-state index in [1.807, 2.05) is 30.3 Å². The van der Waals surface area contributed by atoms with Crippen molar-refractivity contribution in [2.45, 2.75) is 18.9 Å². The van der Waals surface area contributed by atoms with E-state index in [2.05, 4.69) is 25.7 Å². The maximum absolute atomic E-state index is 11.9. The third-order valence-electron chi connectivity index (χ3n) is 3.92. The first-order valence-electron chi connectivity index (χ1n) is 7.57. The Hall–Kier alpha value is -3.29. The lowest BCUT2D eigenvalue weighted by Gasteiger charge is -2.22. The Bertz CT molecular complexity index is 921. The molecule has 4 rings (SSSR count). The van der Waals surface area contributed by atoms with Gasteiger partial charge in [-0.1, -0.05) is 18.2 Å². The molecular formula is C16H14N6O2. The van der Waals surface area contributed by atoms with Crippen LogP contribution in [0.1, 0.15) is 12.8 Å². The van der Waals surface area contributed by atoms with Gasteiger partial charge in [0.05, 0.1) is 17.3 Å². The molecule has 3 aromatic rings. The molecule has 3 heterocycles. The number of imide groups is 1. The van der Waals surface area contributed by atoms with E-state index in [-0.39, 0.29) is 11.8 Å². The number of aromatic nitrogens is 4. The highest BCUT2D eigenvalue weighted by molar-refractivity contribution is 6.02. The maximum atomic E-state index is 11.9. The summed E-state index contributed by atoms with van der Waals surface area (Å²) in [6.45, 7) is 0. The van der Waals surface area contributed by atoms with Gasteiger partial charge in [0.25, 0.3) is 0 Å². The minimum absolute atomic E-state index is 0.247. The third kappa shape index (κ3) is 2.47. The number of rotatable bonds is 3. The molecule has 8 nitrogen and oxygen atoms in total. The number of nitrogens with one attached hydrogen (secondary N) is 2. The Morgan fingerprint density at radius 3 is 2.79 bits per heavy atom. The number of hydrogen-bond acceptors (Lipinski definition) is 6. The van der Waals surface area contributed by atoms with E-state index in [1.54, 1.807) is 10.9 Å². The minimum Gasteiger partial charge on any atom is -0.358 e. The molecule has 2 N–H and O–H groups in total. The molecule has 1 atom stereocenters. The summed E-state index contributed by atoms with van der Waals surface area (Å²) in [5.74, 6) is -0.0621. The predicted octanol–water partition coefficient (Wildman–Crippen LogP) is 1.03. The molecular weight excluding hydrogens is 308 g/mol. The van der Waals surface area contributed by atoms with E-state index in [0.29, 0.717) is 29.7 Å². The fraction of sp³-hybridized carbons (Fsp3) is 0.188. The van der Waals surface area contributed by atoms with Crippen LogP contribution in [0.2, 0.25) is 0 Å². The average Bonchev–Trinajstić information content (AvgIpc) is 3.03. The Morgan fingerprint density at radius 1 is 1.17 bits per heavy atom. The standard InChI is InChI=1S/C16H14N6O2/c23-13-7-6-12(16(24)21-13)20-14-11-8-19-22(15(11)18-9-17-14)10-4-2-1-3-5-10/h1-5,8-9,12H,6-7H2,(H,17,18,20)(H,21,23,24). The van der Waals surface area contributed by atoms with Crippen molar-refractivity contribution in [3.05, 3.63) is 42.9 Å². The SMILES string of the molecule is O=C1CCC(Nc2ncnc3c2cnn3-c2ccccc2)C(=O)N1.